The monoisotopic (exact) mass is 225 g/mol. The zero-order chi connectivity index (χ0) is 11.6. The number of ether oxygens (including phenoxy) is 1. The van der Waals surface area contributed by atoms with Gasteiger partial charge in [0, 0.05) is 13.2 Å². The molecule has 0 spiro atoms. The van der Waals surface area contributed by atoms with Gasteiger partial charge in [0.05, 0.1) is 0 Å². The maximum atomic E-state index is 5.96. The van der Waals surface area contributed by atoms with Crippen LogP contribution in [0, 0.1) is 23.2 Å². The zero-order valence-electron chi connectivity index (χ0n) is 10.9. The Labute approximate surface area is 99.9 Å². The van der Waals surface area contributed by atoms with Crippen molar-refractivity contribution in [1.29, 1.82) is 0 Å². The molecule has 0 aromatic rings. The second-order valence-corrected chi connectivity index (χ2v) is 6.52. The molecule has 0 aromatic carbocycles. The topological polar surface area (TPSA) is 35.2 Å². The first-order valence-corrected chi connectivity index (χ1v) is 6.90. The first-order chi connectivity index (χ1) is 7.62. The predicted octanol–water partition coefficient (Wildman–Crippen LogP) is 2.81. The van der Waals surface area contributed by atoms with Crippen LogP contribution in [0.4, 0.5) is 0 Å². The molecular weight excluding hydrogens is 198 g/mol. The maximum absolute atomic E-state index is 5.96. The molecule has 2 unspecified atom stereocenters. The highest BCUT2D eigenvalue weighted by molar-refractivity contribution is 4.89. The van der Waals surface area contributed by atoms with Crippen LogP contribution in [0.1, 0.15) is 46.0 Å². The second kappa shape index (κ2) is 5.05. The van der Waals surface area contributed by atoms with Crippen LogP contribution >= 0.6 is 0 Å². The lowest BCUT2D eigenvalue weighted by Crippen LogP contribution is -2.39. The minimum Gasteiger partial charge on any atom is -0.381 e. The number of hydrogen-bond donors (Lipinski definition) is 1. The summed E-state index contributed by atoms with van der Waals surface area (Å²) >= 11 is 0. The molecule has 1 aliphatic carbocycles. The van der Waals surface area contributed by atoms with Gasteiger partial charge in [-0.05, 0) is 61.8 Å². The number of hydrogen-bond acceptors (Lipinski definition) is 2. The summed E-state index contributed by atoms with van der Waals surface area (Å²) in [5.41, 5.74) is 6.49. The molecule has 2 N–H and O–H groups in total. The normalized spacial score (nSPS) is 36.2. The molecule has 16 heavy (non-hydrogen) atoms. The molecule has 1 heterocycles. The van der Waals surface area contributed by atoms with Crippen LogP contribution in [0.2, 0.25) is 0 Å². The molecular formula is C14H27NO. The molecule has 2 fully saturated rings. The third-order valence-corrected chi connectivity index (χ3v) is 4.76. The lowest BCUT2D eigenvalue weighted by atomic mass is 9.62. The fourth-order valence-corrected chi connectivity index (χ4v) is 3.69. The molecule has 1 aliphatic heterocycles. The summed E-state index contributed by atoms with van der Waals surface area (Å²) in [5.74, 6) is 2.51. The second-order valence-electron chi connectivity index (χ2n) is 6.52. The molecule has 2 nitrogen and oxygen atoms in total. The number of nitrogens with two attached hydrogens (primary N) is 1. The van der Waals surface area contributed by atoms with Crippen LogP contribution in [0.25, 0.3) is 0 Å². The van der Waals surface area contributed by atoms with Crippen LogP contribution < -0.4 is 5.73 Å². The van der Waals surface area contributed by atoms with Gasteiger partial charge in [0.25, 0.3) is 0 Å². The van der Waals surface area contributed by atoms with Crippen LogP contribution in [-0.4, -0.2) is 19.8 Å². The van der Waals surface area contributed by atoms with Gasteiger partial charge >= 0.3 is 0 Å². The first kappa shape index (κ1) is 12.4. The highest BCUT2D eigenvalue weighted by Gasteiger charge is 2.38. The minimum atomic E-state index is 0.536. The smallest absolute Gasteiger partial charge is 0.0468 e. The van der Waals surface area contributed by atoms with E-state index in [0.717, 1.165) is 37.5 Å². The average molecular weight is 225 g/mol. The van der Waals surface area contributed by atoms with Gasteiger partial charge in [0.2, 0.25) is 0 Å². The van der Waals surface area contributed by atoms with Crippen molar-refractivity contribution in [2.24, 2.45) is 28.9 Å². The SMILES string of the molecule is CC1(C)CCC(CN)C(C2CCOCC2)C1. The van der Waals surface area contributed by atoms with Crippen LogP contribution in [-0.2, 0) is 4.74 Å². The lowest BCUT2D eigenvalue weighted by molar-refractivity contribution is 0.00261. The Morgan fingerprint density at radius 2 is 1.88 bits per heavy atom. The van der Waals surface area contributed by atoms with Crippen molar-refractivity contribution in [3.63, 3.8) is 0 Å². The Morgan fingerprint density at radius 1 is 1.19 bits per heavy atom. The third kappa shape index (κ3) is 2.78. The standard InChI is InChI=1S/C14H27NO/c1-14(2)6-3-12(10-15)13(9-14)11-4-7-16-8-5-11/h11-13H,3-10,15H2,1-2H3. The van der Waals surface area contributed by atoms with E-state index < -0.39 is 0 Å². The summed E-state index contributed by atoms with van der Waals surface area (Å²) in [5, 5.41) is 0. The van der Waals surface area contributed by atoms with Gasteiger partial charge in [0.15, 0.2) is 0 Å². The van der Waals surface area contributed by atoms with Crippen LogP contribution in [0.5, 0.6) is 0 Å². The molecule has 2 aliphatic rings. The zero-order valence-corrected chi connectivity index (χ0v) is 10.9. The molecule has 0 amide bonds. The van der Waals surface area contributed by atoms with E-state index in [1.165, 1.54) is 32.1 Å². The van der Waals surface area contributed by atoms with E-state index in [4.69, 9.17) is 10.5 Å². The Kier molecular flexibility index (Phi) is 3.91. The van der Waals surface area contributed by atoms with E-state index >= 15 is 0 Å². The van der Waals surface area contributed by atoms with Crippen molar-refractivity contribution < 1.29 is 4.74 Å². The van der Waals surface area contributed by atoms with Gasteiger partial charge in [-0.1, -0.05) is 13.8 Å². The molecule has 0 bridgehead atoms. The van der Waals surface area contributed by atoms with Crippen molar-refractivity contribution >= 4 is 0 Å². The Morgan fingerprint density at radius 3 is 2.50 bits per heavy atom. The molecule has 0 radical (unpaired) electrons. The summed E-state index contributed by atoms with van der Waals surface area (Å²) in [4.78, 5) is 0. The highest BCUT2D eigenvalue weighted by atomic mass is 16.5. The van der Waals surface area contributed by atoms with Crippen LogP contribution in [0.3, 0.4) is 0 Å². The fraction of sp³-hybridized carbons (Fsp3) is 1.00. The van der Waals surface area contributed by atoms with E-state index in [2.05, 4.69) is 13.8 Å². The van der Waals surface area contributed by atoms with Crippen molar-refractivity contribution in [3.8, 4) is 0 Å². The van der Waals surface area contributed by atoms with Gasteiger partial charge in [0.1, 0.15) is 0 Å². The average Bonchev–Trinajstić information content (AvgIpc) is 2.29. The Balaban J connectivity index is 2.01. The van der Waals surface area contributed by atoms with Gasteiger partial charge < -0.3 is 10.5 Å². The minimum absolute atomic E-state index is 0.536. The lowest BCUT2D eigenvalue weighted by Gasteiger charge is -2.45. The largest absolute Gasteiger partial charge is 0.381 e. The van der Waals surface area contributed by atoms with Gasteiger partial charge in [-0.15, -0.1) is 0 Å². The molecule has 1 saturated carbocycles. The summed E-state index contributed by atoms with van der Waals surface area (Å²) in [7, 11) is 0. The molecule has 1 saturated heterocycles. The predicted molar refractivity (Wildman–Crippen MR) is 67.2 cm³/mol. The van der Waals surface area contributed by atoms with Crippen molar-refractivity contribution in [1.82, 2.24) is 0 Å². The summed E-state index contributed by atoms with van der Waals surface area (Å²) < 4.78 is 5.48. The summed E-state index contributed by atoms with van der Waals surface area (Å²) in [6, 6.07) is 0. The van der Waals surface area contributed by atoms with Crippen LogP contribution in [0.15, 0.2) is 0 Å². The fourth-order valence-electron chi connectivity index (χ4n) is 3.69. The van der Waals surface area contributed by atoms with E-state index in [1.54, 1.807) is 0 Å². The Bertz CT molecular complexity index is 221. The molecule has 0 aromatic heterocycles. The molecule has 2 atom stereocenters. The molecule has 94 valence electrons. The molecule has 2 rings (SSSR count). The number of rotatable bonds is 2. The van der Waals surface area contributed by atoms with Gasteiger partial charge in [-0.25, -0.2) is 0 Å². The Hall–Kier alpha value is -0.0800. The molecule has 2 heteroatoms. The quantitative estimate of drug-likeness (QED) is 0.784. The van der Waals surface area contributed by atoms with Crippen molar-refractivity contribution in [2.75, 3.05) is 19.8 Å². The maximum Gasteiger partial charge on any atom is 0.0468 e. The van der Waals surface area contributed by atoms with Gasteiger partial charge in [-0.3, -0.25) is 0 Å². The van der Waals surface area contributed by atoms with Gasteiger partial charge in [-0.2, -0.15) is 0 Å². The third-order valence-electron chi connectivity index (χ3n) is 4.76. The van der Waals surface area contributed by atoms with E-state index in [0.29, 0.717) is 5.41 Å². The van der Waals surface area contributed by atoms with E-state index in [-0.39, 0.29) is 0 Å². The summed E-state index contributed by atoms with van der Waals surface area (Å²) in [6.07, 6.45) is 6.59. The highest BCUT2D eigenvalue weighted by Crippen LogP contribution is 2.46. The first-order valence-electron chi connectivity index (χ1n) is 6.90. The van der Waals surface area contributed by atoms with E-state index in [1.807, 2.05) is 0 Å². The summed E-state index contributed by atoms with van der Waals surface area (Å²) in [6.45, 7) is 7.67. The van der Waals surface area contributed by atoms with Crippen molar-refractivity contribution in [3.05, 3.63) is 0 Å². The van der Waals surface area contributed by atoms with Crippen molar-refractivity contribution in [2.45, 2.75) is 46.0 Å². The van der Waals surface area contributed by atoms with E-state index in [9.17, 15) is 0 Å².